The zero-order valence-corrected chi connectivity index (χ0v) is 16.1. The number of hydrogen-bond acceptors (Lipinski definition) is 4. The molecule has 1 aromatic carbocycles. The number of hydrogen-bond donors (Lipinski definition) is 1. The molecule has 0 saturated carbocycles. The van der Waals surface area contributed by atoms with Gasteiger partial charge in [-0.05, 0) is 37.0 Å². The van der Waals surface area contributed by atoms with Gasteiger partial charge in [-0.1, -0.05) is 12.1 Å². The molecule has 0 radical (unpaired) electrons. The average molecular weight is 372 g/mol. The molecule has 2 aliphatic heterocycles. The van der Waals surface area contributed by atoms with Crippen LogP contribution in [-0.4, -0.2) is 56.5 Å². The number of rotatable bonds is 4. The number of likely N-dealkylation sites (tertiary alicyclic amines) is 1. The van der Waals surface area contributed by atoms with Crippen molar-refractivity contribution in [2.24, 2.45) is 10.9 Å². The van der Waals surface area contributed by atoms with Gasteiger partial charge in [-0.2, -0.15) is 0 Å². The van der Waals surface area contributed by atoms with E-state index in [1.165, 1.54) is 7.11 Å². The van der Waals surface area contributed by atoms with Gasteiger partial charge in [-0.15, -0.1) is 0 Å². The topological polar surface area (TPSA) is 74.2 Å². The highest BCUT2D eigenvalue weighted by molar-refractivity contribution is 5.95. The molecule has 2 fully saturated rings. The number of piperidine rings is 1. The zero-order chi connectivity index (χ0) is 19.2. The Morgan fingerprint density at radius 2 is 1.93 bits per heavy atom. The third kappa shape index (κ3) is 4.59. The average Bonchev–Trinajstić information content (AvgIpc) is 3.14. The molecule has 0 aromatic heterocycles. The van der Waals surface area contributed by atoms with Crippen molar-refractivity contribution in [2.75, 3.05) is 38.7 Å². The first-order valence-corrected chi connectivity index (χ1v) is 9.55. The van der Waals surface area contributed by atoms with Crippen LogP contribution in [-0.2, 0) is 20.9 Å². The molecule has 1 N–H and O–H groups in total. The maximum absolute atomic E-state index is 11.8. The minimum Gasteiger partial charge on any atom is -0.469 e. The molecule has 0 spiro atoms. The minimum atomic E-state index is -0.117. The predicted octanol–water partition coefficient (Wildman–Crippen LogP) is 1.77. The number of ether oxygens (including phenoxy) is 1. The molecule has 3 rings (SSSR count). The van der Waals surface area contributed by atoms with Gasteiger partial charge in [0.2, 0.25) is 5.91 Å². The summed E-state index contributed by atoms with van der Waals surface area (Å²) in [5.41, 5.74) is 2.10. The number of benzene rings is 1. The zero-order valence-electron chi connectivity index (χ0n) is 16.1. The molecule has 7 heteroatoms. The van der Waals surface area contributed by atoms with Crippen molar-refractivity contribution < 1.29 is 14.3 Å². The number of aliphatic imine (C=N–C) groups is 1. The lowest BCUT2D eigenvalue weighted by Crippen LogP contribution is -2.46. The number of guanidine groups is 1. The number of nitrogens with zero attached hydrogens (tertiary/aromatic N) is 3. The summed E-state index contributed by atoms with van der Waals surface area (Å²) in [6.45, 7) is 3.05. The summed E-state index contributed by atoms with van der Waals surface area (Å²) >= 11 is 0. The molecular weight excluding hydrogens is 344 g/mol. The summed E-state index contributed by atoms with van der Waals surface area (Å²) in [6.07, 6.45) is 3.15. The van der Waals surface area contributed by atoms with Crippen LogP contribution in [0, 0.1) is 5.92 Å². The second-order valence-electron chi connectivity index (χ2n) is 7.00. The van der Waals surface area contributed by atoms with Crippen LogP contribution in [0.15, 0.2) is 29.3 Å². The van der Waals surface area contributed by atoms with Crippen molar-refractivity contribution in [3.05, 3.63) is 29.8 Å². The molecule has 2 heterocycles. The SMILES string of the molecule is CN=C(NCc1ccc(N2CCCC2=O)cc1)N1CCC(C(=O)OC)CC1. The predicted molar refractivity (Wildman–Crippen MR) is 105 cm³/mol. The molecule has 2 saturated heterocycles. The van der Waals surface area contributed by atoms with Crippen LogP contribution in [0.25, 0.3) is 0 Å². The van der Waals surface area contributed by atoms with Crippen LogP contribution >= 0.6 is 0 Å². The Morgan fingerprint density at radius 1 is 1.22 bits per heavy atom. The number of esters is 1. The summed E-state index contributed by atoms with van der Waals surface area (Å²) in [6, 6.07) is 8.10. The van der Waals surface area contributed by atoms with Crippen molar-refractivity contribution in [2.45, 2.75) is 32.2 Å². The van der Waals surface area contributed by atoms with Gasteiger partial charge < -0.3 is 19.9 Å². The second-order valence-corrected chi connectivity index (χ2v) is 7.00. The second kappa shape index (κ2) is 8.88. The van der Waals surface area contributed by atoms with Crippen molar-refractivity contribution in [3.63, 3.8) is 0 Å². The summed E-state index contributed by atoms with van der Waals surface area (Å²) in [4.78, 5) is 31.9. The van der Waals surface area contributed by atoms with Gasteiger partial charge in [-0.25, -0.2) is 0 Å². The van der Waals surface area contributed by atoms with Crippen molar-refractivity contribution >= 4 is 23.5 Å². The Morgan fingerprint density at radius 3 is 2.48 bits per heavy atom. The van der Waals surface area contributed by atoms with Crippen LogP contribution in [0.3, 0.4) is 0 Å². The number of anilines is 1. The number of amides is 1. The van der Waals surface area contributed by atoms with Crippen LogP contribution in [0.2, 0.25) is 0 Å². The van der Waals surface area contributed by atoms with E-state index in [1.54, 1.807) is 7.05 Å². The van der Waals surface area contributed by atoms with Crippen LogP contribution in [0.4, 0.5) is 5.69 Å². The van der Waals surface area contributed by atoms with Crippen molar-refractivity contribution in [3.8, 4) is 0 Å². The van der Waals surface area contributed by atoms with E-state index in [0.717, 1.165) is 56.1 Å². The molecule has 2 aliphatic rings. The lowest BCUT2D eigenvalue weighted by Gasteiger charge is -2.33. The number of carbonyl (C=O) groups is 2. The van der Waals surface area contributed by atoms with Gasteiger partial charge in [-0.3, -0.25) is 14.6 Å². The van der Waals surface area contributed by atoms with E-state index in [1.807, 2.05) is 29.2 Å². The largest absolute Gasteiger partial charge is 0.469 e. The molecule has 0 bridgehead atoms. The molecule has 7 nitrogen and oxygen atoms in total. The molecule has 1 amide bonds. The first-order valence-electron chi connectivity index (χ1n) is 9.55. The fraction of sp³-hybridized carbons (Fsp3) is 0.550. The Hall–Kier alpha value is -2.57. The molecule has 146 valence electrons. The maximum Gasteiger partial charge on any atom is 0.308 e. The van der Waals surface area contributed by atoms with E-state index in [4.69, 9.17) is 4.74 Å². The summed E-state index contributed by atoms with van der Waals surface area (Å²) in [5, 5.41) is 3.39. The molecule has 0 aliphatic carbocycles. The van der Waals surface area contributed by atoms with Crippen LogP contribution < -0.4 is 10.2 Å². The van der Waals surface area contributed by atoms with E-state index in [9.17, 15) is 9.59 Å². The fourth-order valence-corrected chi connectivity index (χ4v) is 3.72. The van der Waals surface area contributed by atoms with Crippen molar-refractivity contribution in [1.82, 2.24) is 10.2 Å². The Bertz CT molecular complexity index is 694. The third-order valence-corrected chi connectivity index (χ3v) is 5.31. The Balaban J connectivity index is 1.51. The summed E-state index contributed by atoms with van der Waals surface area (Å²) < 4.78 is 4.84. The Kier molecular flexibility index (Phi) is 6.32. The molecule has 0 unspecified atom stereocenters. The van der Waals surface area contributed by atoms with E-state index < -0.39 is 0 Å². The van der Waals surface area contributed by atoms with Gasteiger partial charge in [0.25, 0.3) is 0 Å². The van der Waals surface area contributed by atoms with E-state index in [0.29, 0.717) is 13.0 Å². The highest BCUT2D eigenvalue weighted by atomic mass is 16.5. The number of methoxy groups -OCH3 is 1. The summed E-state index contributed by atoms with van der Waals surface area (Å²) in [5.74, 6) is 0.924. The normalized spacial score (nSPS) is 18.7. The quantitative estimate of drug-likeness (QED) is 0.495. The highest BCUT2D eigenvalue weighted by Crippen LogP contribution is 2.22. The lowest BCUT2D eigenvalue weighted by molar-refractivity contribution is -0.146. The van der Waals surface area contributed by atoms with Crippen LogP contribution in [0.1, 0.15) is 31.2 Å². The smallest absolute Gasteiger partial charge is 0.308 e. The van der Waals surface area contributed by atoms with Crippen LogP contribution in [0.5, 0.6) is 0 Å². The molecular formula is C20H28N4O3. The van der Waals surface area contributed by atoms with Gasteiger partial charge in [0.1, 0.15) is 0 Å². The molecule has 1 aromatic rings. The van der Waals surface area contributed by atoms with Gasteiger partial charge in [0.15, 0.2) is 5.96 Å². The standard InChI is InChI=1S/C20H28N4O3/c1-21-20(23-12-9-16(10-13-23)19(26)27-2)22-14-15-5-7-17(8-6-15)24-11-3-4-18(24)25/h5-8,16H,3-4,9-14H2,1-2H3,(H,21,22). The minimum absolute atomic E-state index is 0.00908. The number of nitrogens with one attached hydrogen (secondary N) is 1. The van der Waals surface area contributed by atoms with Gasteiger partial charge >= 0.3 is 5.97 Å². The number of carbonyl (C=O) groups excluding carboxylic acids is 2. The molecule has 0 atom stereocenters. The Labute approximate surface area is 160 Å². The maximum atomic E-state index is 11.8. The first kappa shape index (κ1) is 19.2. The van der Waals surface area contributed by atoms with Gasteiger partial charge in [0, 0.05) is 45.3 Å². The van der Waals surface area contributed by atoms with E-state index in [2.05, 4.69) is 15.2 Å². The first-order chi connectivity index (χ1) is 13.1. The fourth-order valence-electron chi connectivity index (χ4n) is 3.72. The van der Waals surface area contributed by atoms with E-state index >= 15 is 0 Å². The lowest BCUT2D eigenvalue weighted by atomic mass is 9.97. The van der Waals surface area contributed by atoms with Crippen molar-refractivity contribution in [1.29, 1.82) is 0 Å². The third-order valence-electron chi connectivity index (χ3n) is 5.31. The molecule has 27 heavy (non-hydrogen) atoms. The van der Waals surface area contributed by atoms with E-state index in [-0.39, 0.29) is 17.8 Å². The van der Waals surface area contributed by atoms with Gasteiger partial charge in [0.05, 0.1) is 13.0 Å². The monoisotopic (exact) mass is 372 g/mol. The highest BCUT2D eigenvalue weighted by Gasteiger charge is 2.27. The summed E-state index contributed by atoms with van der Waals surface area (Å²) in [7, 11) is 3.22.